The normalized spacial score (nSPS) is 21.5. The molecule has 0 bridgehead atoms. The Kier molecular flexibility index (Phi) is 4.01. The lowest BCUT2D eigenvalue weighted by Gasteiger charge is -2.37. The van der Waals surface area contributed by atoms with Crippen LogP contribution in [0.5, 0.6) is 0 Å². The molecule has 8 nitrogen and oxygen atoms in total. The van der Waals surface area contributed by atoms with Gasteiger partial charge in [-0.2, -0.15) is 0 Å². The standard InChI is InChI=1S/C11H20N6O2/c1-14-4-5-15(2)9(7-14)6-12-11-10(17(18)19)8-16(3)13-11/h8-9H,4-7H2,1-3H3,(H,12,13). The molecule has 8 heteroatoms. The molecule has 0 aliphatic carbocycles. The minimum absolute atomic E-state index is 0.0225. The molecule has 0 aromatic carbocycles. The third kappa shape index (κ3) is 3.21. The Morgan fingerprint density at radius 2 is 2.21 bits per heavy atom. The van der Waals surface area contributed by atoms with Crippen LogP contribution in [0.4, 0.5) is 11.5 Å². The summed E-state index contributed by atoms with van der Waals surface area (Å²) in [5.41, 5.74) is 0.0225. The minimum Gasteiger partial charge on any atom is -0.361 e. The van der Waals surface area contributed by atoms with Gasteiger partial charge in [-0.15, -0.1) is 5.10 Å². The predicted octanol–water partition coefficient (Wildman–Crippen LogP) is -0.0140. The molecule has 0 saturated carbocycles. The number of piperazine rings is 1. The second kappa shape index (κ2) is 5.54. The highest BCUT2D eigenvalue weighted by Gasteiger charge is 2.24. The van der Waals surface area contributed by atoms with Crippen LogP contribution >= 0.6 is 0 Å². The molecule has 19 heavy (non-hydrogen) atoms. The zero-order chi connectivity index (χ0) is 14.0. The van der Waals surface area contributed by atoms with E-state index in [-0.39, 0.29) is 5.69 Å². The van der Waals surface area contributed by atoms with Crippen LogP contribution in [0.15, 0.2) is 6.20 Å². The van der Waals surface area contributed by atoms with Crippen molar-refractivity contribution in [3.05, 3.63) is 16.3 Å². The van der Waals surface area contributed by atoms with Gasteiger partial charge in [0.05, 0.1) is 4.92 Å². The zero-order valence-electron chi connectivity index (χ0n) is 11.5. The highest BCUT2D eigenvalue weighted by molar-refractivity contribution is 5.54. The van der Waals surface area contributed by atoms with Gasteiger partial charge in [-0.3, -0.25) is 19.7 Å². The van der Waals surface area contributed by atoms with Crippen molar-refractivity contribution in [3.63, 3.8) is 0 Å². The third-order valence-electron chi connectivity index (χ3n) is 3.49. The van der Waals surface area contributed by atoms with Gasteiger partial charge in [0.1, 0.15) is 6.20 Å². The molecule has 1 aliphatic heterocycles. The summed E-state index contributed by atoms with van der Waals surface area (Å²) < 4.78 is 1.46. The molecule has 0 spiro atoms. The van der Waals surface area contributed by atoms with Crippen LogP contribution < -0.4 is 5.32 Å². The summed E-state index contributed by atoms with van der Waals surface area (Å²) in [7, 11) is 5.84. The van der Waals surface area contributed by atoms with Gasteiger partial charge in [0.25, 0.3) is 0 Å². The summed E-state index contributed by atoms with van der Waals surface area (Å²) >= 11 is 0. The van der Waals surface area contributed by atoms with E-state index in [2.05, 4.69) is 34.3 Å². The number of nitro groups is 1. The summed E-state index contributed by atoms with van der Waals surface area (Å²) in [5.74, 6) is 0.342. The van der Waals surface area contributed by atoms with Crippen LogP contribution in [0.2, 0.25) is 0 Å². The first-order valence-corrected chi connectivity index (χ1v) is 6.28. The largest absolute Gasteiger partial charge is 0.361 e. The number of nitrogens with one attached hydrogen (secondary N) is 1. The molecule has 0 radical (unpaired) electrons. The first-order chi connectivity index (χ1) is 8.97. The van der Waals surface area contributed by atoms with Crippen LogP contribution in [0.25, 0.3) is 0 Å². The maximum atomic E-state index is 10.9. The molecule has 1 unspecified atom stereocenters. The second-order valence-electron chi connectivity index (χ2n) is 5.07. The molecule has 2 rings (SSSR count). The first-order valence-electron chi connectivity index (χ1n) is 6.28. The number of rotatable bonds is 4. The lowest BCUT2D eigenvalue weighted by Crippen LogP contribution is -2.52. The highest BCUT2D eigenvalue weighted by Crippen LogP contribution is 2.21. The van der Waals surface area contributed by atoms with Crippen molar-refractivity contribution < 1.29 is 4.92 Å². The van der Waals surface area contributed by atoms with E-state index >= 15 is 0 Å². The van der Waals surface area contributed by atoms with E-state index in [1.165, 1.54) is 10.9 Å². The van der Waals surface area contributed by atoms with Gasteiger partial charge >= 0.3 is 5.69 Å². The van der Waals surface area contributed by atoms with E-state index in [1.807, 2.05) is 0 Å². The molecule has 1 aromatic heterocycles. The molecule has 1 saturated heterocycles. The van der Waals surface area contributed by atoms with Crippen molar-refractivity contribution in [2.75, 3.05) is 45.6 Å². The molecule has 1 aromatic rings. The van der Waals surface area contributed by atoms with E-state index in [1.54, 1.807) is 7.05 Å². The van der Waals surface area contributed by atoms with Crippen LogP contribution in [-0.2, 0) is 7.05 Å². The van der Waals surface area contributed by atoms with E-state index < -0.39 is 4.92 Å². The second-order valence-corrected chi connectivity index (χ2v) is 5.07. The zero-order valence-corrected chi connectivity index (χ0v) is 11.5. The summed E-state index contributed by atoms with van der Waals surface area (Å²) in [6.07, 6.45) is 1.42. The van der Waals surface area contributed by atoms with Crippen molar-refractivity contribution in [1.82, 2.24) is 19.6 Å². The summed E-state index contributed by atoms with van der Waals surface area (Å²) in [6.45, 7) is 3.66. The van der Waals surface area contributed by atoms with Gasteiger partial charge in [0.15, 0.2) is 0 Å². The Labute approximate surface area is 112 Å². The quantitative estimate of drug-likeness (QED) is 0.611. The summed E-state index contributed by atoms with van der Waals surface area (Å²) in [4.78, 5) is 15.0. The predicted molar refractivity (Wildman–Crippen MR) is 72.3 cm³/mol. The molecular weight excluding hydrogens is 248 g/mol. The van der Waals surface area contributed by atoms with Gasteiger partial charge in [-0.05, 0) is 14.1 Å². The lowest BCUT2D eigenvalue weighted by molar-refractivity contribution is -0.384. The molecular formula is C11H20N6O2. The molecule has 106 valence electrons. The van der Waals surface area contributed by atoms with E-state index in [9.17, 15) is 10.1 Å². The average molecular weight is 268 g/mol. The summed E-state index contributed by atoms with van der Waals surface area (Å²) in [5, 5.41) is 18.1. The van der Waals surface area contributed by atoms with Crippen LogP contribution in [0, 0.1) is 10.1 Å². The van der Waals surface area contributed by atoms with Crippen molar-refractivity contribution in [1.29, 1.82) is 0 Å². The SMILES string of the molecule is CN1CCN(C)C(CNc2nn(C)cc2[N+](=O)[O-])C1. The van der Waals surface area contributed by atoms with Crippen LogP contribution in [0.3, 0.4) is 0 Å². The number of anilines is 1. The number of hydrogen-bond donors (Lipinski definition) is 1. The molecule has 1 atom stereocenters. The number of likely N-dealkylation sites (N-methyl/N-ethyl adjacent to an activating group) is 2. The van der Waals surface area contributed by atoms with E-state index in [4.69, 9.17) is 0 Å². The maximum absolute atomic E-state index is 10.9. The monoisotopic (exact) mass is 268 g/mol. The Morgan fingerprint density at radius 3 is 2.89 bits per heavy atom. The van der Waals surface area contributed by atoms with E-state index in [0.717, 1.165) is 19.6 Å². The number of aromatic nitrogens is 2. The fraction of sp³-hybridized carbons (Fsp3) is 0.727. The highest BCUT2D eigenvalue weighted by atomic mass is 16.6. The van der Waals surface area contributed by atoms with Gasteiger partial charge in [-0.25, -0.2) is 0 Å². The van der Waals surface area contributed by atoms with Gasteiger partial charge in [0, 0.05) is 39.3 Å². The Morgan fingerprint density at radius 1 is 1.47 bits per heavy atom. The molecule has 1 fully saturated rings. The molecule has 1 N–H and O–H groups in total. The van der Waals surface area contributed by atoms with Crippen molar-refractivity contribution in [2.24, 2.45) is 7.05 Å². The Hall–Kier alpha value is -1.67. The van der Waals surface area contributed by atoms with Crippen molar-refractivity contribution in [2.45, 2.75) is 6.04 Å². The van der Waals surface area contributed by atoms with E-state index in [0.29, 0.717) is 18.4 Å². The molecule has 2 heterocycles. The fourth-order valence-corrected chi connectivity index (χ4v) is 2.27. The first kappa shape index (κ1) is 13.8. The molecule has 1 aliphatic rings. The Balaban J connectivity index is 2.00. The third-order valence-corrected chi connectivity index (χ3v) is 3.49. The number of aryl methyl sites for hydroxylation is 1. The minimum atomic E-state index is -0.411. The number of hydrogen-bond acceptors (Lipinski definition) is 6. The van der Waals surface area contributed by atoms with Crippen molar-refractivity contribution in [3.8, 4) is 0 Å². The van der Waals surface area contributed by atoms with Gasteiger partial charge in [-0.1, -0.05) is 0 Å². The smallest absolute Gasteiger partial charge is 0.330 e. The number of nitrogens with zero attached hydrogens (tertiary/aromatic N) is 5. The lowest BCUT2D eigenvalue weighted by atomic mass is 10.2. The van der Waals surface area contributed by atoms with Crippen LogP contribution in [0.1, 0.15) is 0 Å². The van der Waals surface area contributed by atoms with Crippen LogP contribution in [-0.4, -0.2) is 70.8 Å². The molecule has 0 amide bonds. The maximum Gasteiger partial charge on any atom is 0.330 e. The fourth-order valence-electron chi connectivity index (χ4n) is 2.27. The average Bonchev–Trinajstić information content (AvgIpc) is 2.72. The van der Waals surface area contributed by atoms with Crippen molar-refractivity contribution >= 4 is 11.5 Å². The Bertz CT molecular complexity index is 460. The summed E-state index contributed by atoms with van der Waals surface area (Å²) in [6, 6.07) is 0.334. The topological polar surface area (TPSA) is 79.5 Å². The van der Waals surface area contributed by atoms with Gasteiger partial charge in [0.2, 0.25) is 5.82 Å². The van der Waals surface area contributed by atoms with Gasteiger partial charge < -0.3 is 10.2 Å².